The Labute approximate surface area is 123 Å². The number of nitrogens with one attached hydrogen (secondary N) is 1. The van der Waals surface area contributed by atoms with E-state index in [-0.39, 0.29) is 5.91 Å². The summed E-state index contributed by atoms with van der Waals surface area (Å²) in [4.78, 5) is 12.2. The Morgan fingerprint density at radius 1 is 1.40 bits per heavy atom. The summed E-state index contributed by atoms with van der Waals surface area (Å²) in [7, 11) is 0. The first kappa shape index (κ1) is 13.2. The molecule has 104 valence electrons. The van der Waals surface area contributed by atoms with Crippen LogP contribution in [-0.4, -0.2) is 15.6 Å². The molecule has 6 heteroatoms. The number of nitrogens with zero attached hydrogens (tertiary/aromatic N) is 1. The first-order valence-corrected chi connectivity index (χ1v) is 7.01. The maximum atomic E-state index is 13.2. The van der Waals surface area contributed by atoms with E-state index in [0.29, 0.717) is 17.4 Å². The summed E-state index contributed by atoms with van der Waals surface area (Å²) >= 11 is 3.36. The summed E-state index contributed by atoms with van der Waals surface area (Å²) in [6, 6.07) is 5.87. The first-order chi connectivity index (χ1) is 9.54. The number of amides is 1. The quantitative estimate of drug-likeness (QED) is 0.838. The van der Waals surface area contributed by atoms with Gasteiger partial charge in [0.15, 0.2) is 11.6 Å². The number of aromatic nitrogens is 1. The molecular weight excluding hydrogens is 327 g/mol. The molecule has 1 aliphatic carbocycles. The Hall–Kier alpha value is -1.82. The molecule has 3 rings (SSSR count). The van der Waals surface area contributed by atoms with Gasteiger partial charge in [0.25, 0.3) is 5.91 Å². The molecule has 2 aromatic rings. The molecule has 20 heavy (non-hydrogen) atoms. The normalized spacial score (nSPS) is 14.3. The van der Waals surface area contributed by atoms with Crippen molar-refractivity contribution in [2.75, 3.05) is 5.32 Å². The minimum atomic E-state index is -0.762. The van der Waals surface area contributed by atoms with Gasteiger partial charge in [-0.15, -0.1) is 0 Å². The number of hydrogen-bond acceptors (Lipinski definition) is 2. The molecule has 0 bridgehead atoms. The molecule has 2 N–H and O–H groups in total. The van der Waals surface area contributed by atoms with Crippen LogP contribution >= 0.6 is 15.9 Å². The van der Waals surface area contributed by atoms with Crippen LogP contribution in [0, 0.1) is 5.82 Å². The number of rotatable bonds is 3. The molecule has 0 spiro atoms. The molecule has 0 aliphatic heterocycles. The molecule has 1 aliphatic rings. The number of aromatic hydroxyl groups is 1. The van der Waals surface area contributed by atoms with Gasteiger partial charge in [-0.1, -0.05) is 0 Å². The molecule has 4 nitrogen and oxygen atoms in total. The van der Waals surface area contributed by atoms with E-state index < -0.39 is 11.6 Å². The number of hydrogen-bond donors (Lipinski definition) is 2. The second-order valence-corrected chi connectivity index (χ2v) is 5.72. The highest BCUT2D eigenvalue weighted by Gasteiger charge is 2.27. The van der Waals surface area contributed by atoms with Gasteiger partial charge in [-0.3, -0.25) is 4.79 Å². The third-order valence-electron chi connectivity index (χ3n) is 3.19. The largest absolute Gasteiger partial charge is 0.505 e. The molecule has 1 aromatic heterocycles. The van der Waals surface area contributed by atoms with Crippen LogP contribution in [0.2, 0.25) is 0 Å². The van der Waals surface area contributed by atoms with E-state index in [9.17, 15) is 9.18 Å². The molecule has 1 aromatic carbocycles. The van der Waals surface area contributed by atoms with Gasteiger partial charge in [0.2, 0.25) is 0 Å². The standard InChI is InChI=1S/C14H12BrFN2O2/c15-8-5-12(18(7-8)10-2-3-10)14(20)17-9-1-4-13(19)11(16)6-9/h1,4-7,10,19H,2-3H2,(H,17,20). The lowest BCUT2D eigenvalue weighted by molar-refractivity contribution is 0.101. The molecular formula is C14H12BrFN2O2. The molecule has 1 amide bonds. The van der Waals surface area contributed by atoms with Crippen molar-refractivity contribution in [1.82, 2.24) is 4.57 Å². The topological polar surface area (TPSA) is 54.3 Å². The Bertz CT molecular complexity index is 680. The second-order valence-electron chi connectivity index (χ2n) is 4.80. The van der Waals surface area contributed by atoms with Crippen LogP contribution in [-0.2, 0) is 0 Å². The predicted octanol–water partition coefficient (Wildman–Crippen LogP) is 3.68. The van der Waals surface area contributed by atoms with Crippen molar-refractivity contribution in [3.05, 3.63) is 46.4 Å². The average molecular weight is 339 g/mol. The first-order valence-electron chi connectivity index (χ1n) is 6.22. The van der Waals surface area contributed by atoms with E-state index >= 15 is 0 Å². The fourth-order valence-corrected chi connectivity index (χ4v) is 2.50. The summed E-state index contributed by atoms with van der Waals surface area (Å²) in [5.41, 5.74) is 0.845. The third kappa shape index (κ3) is 2.56. The van der Waals surface area contributed by atoms with Crippen molar-refractivity contribution in [2.24, 2.45) is 0 Å². The minimum absolute atomic E-state index is 0.298. The van der Waals surface area contributed by atoms with Gasteiger partial charge < -0.3 is 15.0 Å². The highest BCUT2D eigenvalue weighted by atomic mass is 79.9. The van der Waals surface area contributed by atoms with Crippen LogP contribution in [0.5, 0.6) is 5.75 Å². The Kier molecular flexibility index (Phi) is 3.25. The van der Waals surface area contributed by atoms with Gasteiger partial charge in [-0.05, 0) is 47.0 Å². The smallest absolute Gasteiger partial charge is 0.272 e. The van der Waals surface area contributed by atoms with Gasteiger partial charge in [0.1, 0.15) is 5.69 Å². The zero-order chi connectivity index (χ0) is 14.3. The zero-order valence-electron chi connectivity index (χ0n) is 10.4. The van der Waals surface area contributed by atoms with Crippen LogP contribution in [0.25, 0.3) is 0 Å². The lowest BCUT2D eigenvalue weighted by Gasteiger charge is -2.09. The van der Waals surface area contributed by atoms with Crippen molar-refractivity contribution in [3.8, 4) is 5.75 Å². The molecule has 1 heterocycles. The molecule has 0 radical (unpaired) electrons. The number of anilines is 1. The van der Waals surface area contributed by atoms with Crippen molar-refractivity contribution in [3.63, 3.8) is 0 Å². The Morgan fingerprint density at radius 3 is 2.80 bits per heavy atom. The summed E-state index contributed by atoms with van der Waals surface area (Å²) in [5.74, 6) is -1.50. The van der Waals surface area contributed by atoms with Crippen molar-refractivity contribution < 1.29 is 14.3 Å². The van der Waals surface area contributed by atoms with Crippen molar-refractivity contribution >= 4 is 27.5 Å². The monoisotopic (exact) mass is 338 g/mol. The average Bonchev–Trinajstić information content (AvgIpc) is 3.17. The van der Waals surface area contributed by atoms with Crippen LogP contribution in [0.1, 0.15) is 29.4 Å². The van der Waals surface area contributed by atoms with Crippen LogP contribution in [0.3, 0.4) is 0 Å². The Balaban J connectivity index is 1.84. The molecule has 0 saturated heterocycles. The lowest BCUT2D eigenvalue weighted by Crippen LogP contribution is -2.16. The highest BCUT2D eigenvalue weighted by molar-refractivity contribution is 9.10. The van der Waals surface area contributed by atoms with Gasteiger partial charge >= 0.3 is 0 Å². The summed E-state index contributed by atoms with van der Waals surface area (Å²) in [6.07, 6.45) is 4.01. The number of phenolic OH excluding ortho intramolecular Hbond substituents is 1. The molecule has 1 saturated carbocycles. The molecule has 0 unspecified atom stereocenters. The number of halogens is 2. The summed E-state index contributed by atoms with van der Waals surface area (Å²) < 4.78 is 16.0. The fourth-order valence-electron chi connectivity index (χ4n) is 2.06. The number of phenols is 1. The second kappa shape index (κ2) is 4.94. The number of carbonyl (C=O) groups is 1. The van der Waals surface area contributed by atoms with E-state index in [1.807, 2.05) is 10.8 Å². The Morgan fingerprint density at radius 2 is 2.15 bits per heavy atom. The SMILES string of the molecule is O=C(Nc1ccc(O)c(F)c1)c1cc(Br)cn1C1CC1. The van der Waals surface area contributed by atoms with Gasteiger partial charge in [0.05, 0.1) is 0 Å². The molecule has 1 fully saturated rings. The van der Waals surface area contributed by atoms with Crippen LogP contribution < -0.4 is 5.32 Å². The summed E-state index contributed by atoms with van der Waals surface area (Å²) in [5, 5.41) is 11.8. The van der Waals surface area contributed by atoms with Gasteiger partial charge in [-0.2, -0.15) is 0 Å². The van der Waals surface area contributed by atoms with E-state index in [2.05, 4.69) is 21.2 Å². The van der Waals surface area contributed by atoms with Crippen molar-refractivity contribution in [1.29, 1.82) is 0 Å². The maximum Gasteiger partial charge on any atom is 0.272 e. The number of carbonyl (C=O) groups excluding carboxylic acids is 1. The highest BCUT2D eigenvalue weighted by Crippen LogP contribution is 2.37. The lowest BCUT2D eigenvalue weighted by atomic mass is 10.2. The predicted molar refractivity (Wildman–Crippen MR) is 76.4 cm³/mol. The number of benzene rings is 1. The van der Waals surface area contributed by atoms with Crippen LogP contribution in [0.4, 0.5) is 10.1 Å². The van der Waals surface area contributed by atoms with E-state index in [0.717, 1.165) is 23.4 Å². The van der Waals surface area contributed by atoms with E-state index in [1.165, 1.54) is 12.1 Å². The minimum Gasteiger partial charge on any atom is -0.505 e. The van der Waals surface area contributed by atoms with Crippen LogP contribution in [0.15, 0.2) is 34.9 Å². The third-order valence-corrected chi connectivity index (χ3v) is 3.63. The maximum absolute atomic E-state index is 13.2. The fraction of sp³-hybridized carbons (Fsp3) is 0.214. The van der Waals surface area contributed by atoms with E-state index in [1.54, 1.807) is 6.07 Å². The molecule has 0 atom stereocenters. The van der Waals surface area contributed by atoms with Gasteiger partial charge in [-0.25, -0.2) is 4.39 Å². The zero-order valence-corrected chi connectivity index (χ0v) is 12.0. The van der Waals surface area contributed by atoms with Gasteiger partial charge in [0, 0.05) is 28.5 Å². The van der Waals surface area contributed by atoms with E-state index in [4.69, 9.17) is 5.11 Å². The summed E-state index contributed by atoms with van der Waals surface area (Å²) in [6.45, 7) is 0. The van der Waals surface area contributed by atoms with Crippen molar-refractivity contribution in [2.45, 2.75) is 18.9 Å².